The van der Waals surface area contributed by atoms with Gasteiger partial charge in [0.05, 0.1) is 5.69 Å². The lowest BCUT2D eigenvalue weighted by Gasteiger charge is -2.05. The van der Waals surface area contributed by atoms with Gasteiger partial charge in [0.2, 0.25) is 0 Å². The number of fused-ring (bicyclic) bond motifs is 1. The lowest BCUT2D eigenvalue weighted by atomic mass is 10.1. The van der Waals surface area contributed by atoms with E-state index in [0.29, 0.717) is 0 Å². The molecule has 0 N–H and O–H groups in total. The van der Waals surface area contributed by atoms with E-state index in [0.717, 1.165) is 28.3 Å². The molecule has 0 fully saturated rings. The highest BCUT2D eigenvalue weighted by atomic mass is 15.3. The van der Waals surface area contributed by atoms with Crippen molar-refractivity contribution in [3.8, 4) is 11.3 Å². The molecular formula is C15H15N3. The van der Waals surface area contributed by atoms with Gasteiger partial charge >= 0.3 is 0 Å². The van der Waals surface area contributed by atoms with Gasteiger partial charge in [0, 0.05) is 23.0 Å². The van der Waals surface area contributed by atoms with Gasteiger partial charge in [-0.1, -0.05) is 30.3 Å². The molecule has 0 atom stereocenters. The molecule has 0 aliphatic carbocycles. The van der Waals surface area contributed by atoms with Crippen molar-refractivity contribution < 1.29 is 0 Å². The first-order chi connectivity index (χ1) is 8.66. The summed E-state index contributed by atoms with van der Waals surface area (Å²) in [6, 6.07) is 12.2. The van der Waals surface area contributed by atoms with E-state index < -0.39 is 0 Å². The molecule has 90 valence electrons. The van der Waals surface area contributed by atoms with Crippen LogP contribution in [-0.4, -0.2) is 14.6 Å². The van der Waals surface area contributed by atoms with Crippen LogP contribution in [0.3, 0.4) is 0 Å². The summed E-state index contributed by atoms with van der Waals surface area (Å²) in [4.78, 5) is 4.58. The highest BCUT2D eigenvalue weighted by molar-refractivity contribution is 5.64. The minimum Gasteiger partial charge on any atom is -0.234 e. The molecule has 2 aromatic heterocycles. The van der Waals surface area contributed by atoms with Crippen LogP contribution in [0, 0.1) is 20.8 Å². The Kier molecular flexibility index (Phi) is 2.40. The first-order valence-corrected chi connectivity index (χ1v) is 6.06. The van der Waals surface area contributed by atoms with Crippen LogP contribution in [0.25, 0.3) is 16.9 Å². The first-order valence-electron chi connectivity index (χ1n) is 6.06. The van der Waals surface area contributed by atoms with Crippen LogP contribution in [0.1, 0.15) is 17.0 Å². The summed E-state index contributed by atoms with van der Waals surface area (Å²) in [7, 11) is 0. The van der Waals surface area contributed by atoms with Crippen molar-refractivity contribution in [1.29, 1.82) is 0 Å². The minimum atomic E-state index is 0.912. The van der Waals surface area contributed by atoms with E-state index in [2.05, 4.69) is 36.1 Å². The predicted octanol–water partition coefficient (Wildman–Crippen LogP) is 3.32. The topological polar surface area (TPSA) is 30.2 Å². The molecule has 0 aliphatic rings. The molecule has 0 saturated heterocycles. The van der Waals surface area contributed by atoms with Crippen LogP contribution in [0.2, 0.25) is 0 Å². The van der Waals surface area contributed by atoms with Crippen molar-refractivity contribution in [3.63, 3.8) is 0 Å². The molecule has 3 aromatic rings. The van der Waals surface area contributed by atoms with Crippen molar-refractivity contribution in [2.24, 2.45) is 0 Å². The van der Waals surface area contributed by atoms with E-state index in [4.69, 9.17) is 0 Å². The summed E-state index contributed by atoms with van der Waals surface area (Å²) in [5.41, 5.74) is 6.42. The summed E-state index contributed by atoms with van der Waals surface area (Å²) in [5.74, 6) is 0. The van der Waals surface area contributed by atoms with Gasteiger partial charge in [-0.15, -0.1) is 0 Å². The maximum atomic E-state index is 4.64. The number of aromatic nitrogens is 3. The largest absolute Gasteiger partial charge is 0.234 e. The smallest absolute Gasteiger partial charge is 0.156 e. The maximum Gasteiger partial charge on any atom is 0.156 e. The molecule has 2 heterocycles. The number of benzene rings is 1. The Bertz CT molecular complexity index is 711. The molecule has 0 saturated carbocycles. The van der Waals surface area contributed by atoms with Gasteiger partial charge in [0.15, 0.2) is 5.65 Å². The van der Waals surface area contributed by atoms with E-state index in [9.17, 15) is 0 Å². The second-order valence-electron chi connectivity index (χ2n) is 4.57. The summed E-state index contributed by atoms with van der Waals surface area (Å²) >= 11 is 0. The van der Waals surface area contributed by atoms with Crippen LogP contribution in [0.15, 0.2) is 36.4 Å². The Morgan fingerprint density at radius 1 is 1.00 bits per heavy atom. The number of nitrogens with zero attached hydrogens (tertiary/aromatic N) is 3. The van der Waals surface area contributed by atoms with E-state index in [1.807, 2.05) is 35.7 Å². The third-order valence-electron chi connectivity index (χ3n) is 3.45. The molecule has 3 rings (SSSR count). The fourth-order valence-corrected chi connectivity index (χ4v) is 2.12. The van der Waals surface area contributed by atoms with E-state index >= 15 is 0 Å². The number of hydrogen-bond donors (Lipinski definition) is 0. The van der Waals surface area contributed by atoms with Gasteiger partial charge in [-0.05, 0) is 26.3 Å². The van der Waals surface area contributed by atoms with Crippen molar-refractivity contribution >= 4 is 5.65 Å². The zero-order valence-electron chi connectivity index (χ0n) is 10.8. The van der Waals surface area contributed by atoms with Crippen molar-refractivity contribution in [2.45, 2.75) is 20.8 Å². The summed E-state index contributed by atoms with van der Waals surface area (Å²) < 4.78 is 1.92. The van der Waals surface area contributed by atoms with E-state index in [-0.39, 0.29) is 0 Å². The Labute approximate surface area is 106 Å². The molecule has 0 bridgehead atoms. The molecule has 0 radical (unpaired) electrons. The molecule has 3 nitrogen and oxygen atoms in total. The van der Waals surface area contributed by atoms with Crippen LogP contribution in [0.4, 0.5) is 0 Å². The maximum absolute atomic E-state index is 4.64. The second-order valence-corrected chi connectivity index (χ2v) is 4.57. The zero-order valence-corrected chi connectivity index (χ0v) is 10.8. The summed E-state index contributed by atoms with van der Waals surface area (Å²) in [6.07, 6.45) is 0. The molecular weight excluding hydrogens is 222 g/mol. The molecule has 0 unspecified atom stereocenters. The van der Waals surface area contributed by atoms with Crippen molar-refractivity contribution in [2.75, 3.05) is 0 Å². The first kappa shape index (κ1) is 11.0. The summed E-state index contributed by atoms with van der Waals surface area (Å²) in [6.45, 7) is 6.21. The van der Waals surface area contributed by atoms with E-state index in [1.54, 1.807) is 0 Å². The van der Waals surface area contributed by atoms with Crippen LogP contribution < -0.4 is 0 Å². The highest BCUT2D eigenvalue weighted by Gasteiger charge is 2.09. The number of hydrogen-bond acceptors (Lipinski definition) is 2. The zero-order chi connectivity index (χ0) is 12.7. The normalized spacial score (nSPS) is 11.1. The molecule has 18 heavy (non-hydrogen) atoms. The molecule has 3 heteroatoms. The lowest BCUT2D eigenvalue weighted by molar-refractivity contribution is 0.872. The van der Waals surface area contributed by atoms with Crippen LogP contribution in [-0.2, 0) is 0 Å². The van der Waals surface area contributed by atoms with Gasteiger partial charge in [0.1, 0.15) is 0 Å². The molecule has 0 amide bonds. The molecule has 0 aliphatic heterocycles. The summed E-state index contributed by atoms with van der Waals surface area (Å²) in [5, 5.41) is 4.64. The SMILES string of the molecule is Cc1nc2cc(-c3ccccc3)nn2c(C)c1C. The van der Waals surface area contributed by atoms with Crippen molar-refractivity contribution in [3.05, 3.63) is 53.3 Å². The molecule has 0 spiro atoms. The highest BCUT2D eigenvalue weighted by Crippen LogP contribution is 2.21. The van der Waals surface area contributed by atoms with Gasteiger partial charge < -0.3 is 0 Å². The molecule has 1 aromatic carbocycles. The quantitative estimate of drug-likeness (QED) is 0.650. The van der Waals surface area contributed by atoms with Crippen LogP contribution >= 0.6 is 0 Å². The average molecular weight is 237 g/mol. The Hall–Kier alpha value is -2.16. The van der Waals surface area contributed by atoms with Gasteiger partial charge in [-0.25, -0.2) is 9.50 Å². The monoisotopic (exact) mass is 237 g/mol. The van der Waals surface area contributed by atoms with Crippen LogP contribution in [0.5, 0.6) is 0 Å². The average Bonchev–Trinajstić information content (AvgIpc) is 2.81. The third kappa shape index (κ3) is 1.59. The fourth-order valence-electron chi connectivity index (χ4n) is 2.12. The predicted molar refractivity (Wildman–Crippen MR) is 72.6 cm³/mol. The Morgan fingerprint density at radius 3 is 2.44 bits per heavy atom. The Balaban J connectivity index is 2.27. The van der Waals surface area contributed by atoms with E-state index in [1.165, 1.54) is 5.56 Å². The minimum absolute atomic E-state index is 0.912. The standard InChI is InChI=1S/C15H15N3/c1-10-11(2)16-15-9-14(17-18(15)12(10)3)13-7-5-4-6-8-13/h4-9H,1-3H3. The lowest BCUT2D eigenvalue weighted by Crippen LogP contribution is -2.01. The van der Waals surface area contributed by atoms with Gasteiger partial charge in [0.25, 0.3) is 0 Å². The van der Waals surface area contributed by atoms with Gasteiger partial charge in [-0.2, -0.15) is 5.10 Å². The third-order valence-corrected chi connectivity index (χ3v) is 3.45. The number of aryl methyl sites for hydroxylation is 2. The van der Waals surface area contributed by atoms with Gasteiger partial charge in [-0.3, -0.25) is 0 Å². The number of rotatable bonds is 1. The van der Waals surface area contributed by atoms with Crippen molar-refractivity contribution in [1.82, 2.24) is 14.6 Å². The fraction of sp³-hybridized carbons (Fsp3) is 0.200. The Morgan fingerprint density at radius 2 is 1.72 bits per heavy atom. The second kappa shape index (κ2) is 3.95.